The van der Waals surface area contributed by atoms with Crippen LogP contribution in [0.4, 0.5) is 8.78 Å². The van der Waals surface area contributed by atoms with Gasteiger partial charge in [0.15, 0.2) is 11.6 Å². The quantitative estimate of drug-likeness (QED) is 0.118. The first-order valence-corrected chi connectivity index (χ1v) is 12.3. The Hall–Kier alpha value is -3.68. The molecule has 210 valence electrons. The zero-order valence-electron chi connectivity index (χ0n) is 23.5. The van der Waals surface area contributed by atoms with Gasteiger partial charge in [-0.3, -0.25) is 14.4 Å². The third kappa shape index (κ3) is 8.66. The number of nitrogens with one attached hydrogen (secondary N) is 3. The molecule has 0 heterocycles. The van der Waals surface area contributed by atoms with Crippen molar-refractivity contribution >= 4 is 23.7 Å². The zero-order valence-corrected chi connectivity index (χ0v) is 23.5. The number of aliphatic carboxylic acids is 1. The number of nitrogens with two attached hydrogens (primary N) is 1. The first kappa shape index (κ1) is 34.3. The molecule has 12 heteroatoms. The summed E-state index contributed by atoms with van der Waals surface area (Å²) in [4.78, 5) is 49.4. The predicted molar refractivity (Wildman–Crippen MR) is 139 cm³/mol. The average Bonchev–Trinajstić information content (AvgIpc) is 2.84. The Morgan fingerprint density at radius 3 is 2.12 bits per heavy atom. The van der Waals surface area contributed by atoms with E-state index in [9.17, 15) is 28.7 Å². The summed E-state index contributed by atoms with van der Waals surface area (Å²) in [5.41, 5.74) is 7.06. The second-order valence-electron chi connectivity index (χ2n) is 9.58. The molecule has 40 heavy (non-hydrogen) atoms. The Labute approximate surface area is 244 Å². The molecule has 0 aromatic heterocycles. The van der Waals surface area contributed by atoms with Gasteiger partial charge in [0.1, 0.15) is 11.6 Å². The Balaban J connectivity index is 0.00000800. The van der Waals surface area contributed by atoms with Gasteiger partial charge in [-0.25, -0.2) is 8.78 Å². The van der Waals surface area contributed by atoms with Crippen molar-refractivity contribution in [2.75, 3.05) is 7.05 Å². The topological polar surface area (TPSA) is 153 Å². The number of carbonyl (C=O) groups excluding carboxylic acids is 4. The van der Waals surface area contributed by atoms with E-state index in [0.717, 1.165) is 23.4 Å². The van der Waals surface area contributed by atoms with E-state index in [0.29, 0.717) is 11.1 Å². The van der Waals surface area contributed by atoms with Crippen molar-refractivity contribution in [1.82, 2.24) is 16.0 Å². The van der Waals surface area contributed by atoms with Gasteiger partial charge in [0.25, 0.3) is 11.8 Å². The van der Waals surface area contributed by atoms with Crippen molar-refractivity contribution in [3.63, 3.8) is 0 Å². The SMILES string of the molecule is CNC(=O)/C(=C\N)C(=O)N[C@@H](CC(C)C)C(=O)N[C@@H](CC(=O)[O-])c1cc(-c2c(C)cccc2C)cc(F)c1F.[Li+]. The van der Waals surface area contributed by atoms with E-state index < -0.39 is 65.0 Å². The van der Waals surface area contributed by atoms with Crippen molar-refractivity contribution in [1.29, 1.82) is 0 Å². The van der Waals surface area contributed by atoms with Crippen LogP contribution in [0.3, 0.4) is 0 Å². The summed E-state index contributed by atoms with van der Waals surface area (Å²) in [5.74, 6) is -6.89. The van der Waals surface area contributed by atoms with E-state index in [2.05, 4.69) is 16.0 Å². The molecule has 0 aliphatic rings. The Morgan fingerprint density at radius 1 is 1.02 bits per heavy atom. The molecule has 2 atom stereocenters. The van der Waals surface area contributed by atoms with Crippen LogP contribution in [0.2, 0.25) is 0 Å². The summed E-state index contributed by atoms with van der Waals surface area (Å²) >= 11 is 0. The molecule has 9 nitrogen and oxygen atoms in total. The summed E-state index contributed by atoms with van der Waals surface area (Å²) in [7, 11) is 1.29. The predicted octanol–water partition coefficient (Wildman–Crippen LogP) is -1.33. The first-order chi connectivity index (χ1) is 18.3. The summed E-state index contributed by atoms with van der Waals surface area (Å²) < 4.78 is 29.9. The van der Waals surface area contributed by atoms with Crippen molar-refractivity contribution in [3.05, 3.63) is 70.4 Å². The Bertz CT molecular complexity index is 1280. The molecule has 0 radical (unpaired) electrons. The van der Waals surface area contributed by atoms with Gasteiger partial charge < -0.3 is 31.6 Å². The molecule has 2 rings (SSSR count). The minimum absolute atomic E-state index is 0. The van der Waals surface area contributed by atoms with Crippen molar-refractivity contribution < 1.29 is 51.9 Å². The van der Waals surface area contributed by atoms with E-state index in [1.807, 2.05) is 6.07 Å². The van der Waals surface area contributed by atoms with Crippen molar-refractivity contribution in [2.45, 2.75) is 52.6 Å². The van der Waals surface area contributed by atoms with E-state index in [4.69, 9.17) is 5.73 Å². The molecular weight excluding hydrogens is 517 g/mol. The summed E-state index contributed by atoms with van der Waals surface area (Å²) in [6.45, 7) is 7.14. The van der Waals surface area contributed by atoms with Crippen LogP contribution < -0.4 is 45.7 Å². The van der Waals surface area contributed by atoms with Gasteiger partial charge >= 0.3 is 18.9 Å². The molecule has 2 aromatic carbocycles. The Kier molecular flexibility index (Phi) is 13.0. The molecule has 0 spiro atoms. The van der Waals surface area contributed by atoms with Crippen LogP contribution in [0.5, 0.6) is 0 Å². The molecule has 0 aliphatic heterocycles. The van der Waals surface area contributed by atoms with Crippen LogP contribution in [0.1, 0.15) is 49.4 Å². The van der Waals surface area contributed by atoms with Gasteiger partial charge in [-0.15, -0.1) is 0 Å². The normalized spacial score (nSPS) is 12.7. The van der Waals surface area contributed by atoms with Crippen LogP contribution in [0, 0.1) is 31.4 Å². The summed E-state index contributed by atoms with van der Waals surface area (Å²) in [6, 6.07) is 4.92. The fourth-order valence-electron chi connectivity index (χ4n) is 4.28. The van der Waals surface area contributed by atoms with E-state index in [-0.39, 0.29) is 31.2 Å². The smallest absolute Gasteiger partial charge is 0.550 e. The van der Waals surface area contributed by atoms with Gasteiger partial charge in [0.2, 0.25) is 5.91 Å². The maximum atomic E-state index is 15.1. The number of halogens is 2. The van der Waals surface area contributed by atoms with Crippen molar-refractivity contribution in [2.24, 2.45) is 11.7 Å². The molecule has 2 aromatic rings. The largest absolute Gasteiger partial charge is 1.00 e. The van der Waals surface area contributed by atoms with Crippen LogP contribution >= 0.6 is 0 Å². The third-order valence-corrected chi connectivity index (χ3v) is 6.10. The fourth-order valence-corrected chi connectivity index (χ4v) is 4.28. The number of carboxylic acids is 1. The monoisotopic (exact) mass is 550 g/mol. The zero-order chi connectivity index (χ0) is 29.4. The van der Waals surface area contributed by atoms with Gasteiger partial charge in [-0.05, 0) is 60.6 Å². The molecule has 3 amide bonds. The van der Waals surface area contributed by atoms with Crippen LogP contribution in [0.15, 0.2) is 42.1 Å². The molecule has 5 N–H and O–H groups in total. The number of hydrogen-bond donors (Lipinski definition) is 4. The molecule has 0 bridgehead atoms. The average molecular weight is 551 g/mol. The number of rotatable bonds is 11. The van der Waals surface area contributed by atoms with E-state index in [1.165, 1.54) is 13.1 Å². The molecule has 0 fully saturated rings. The maximum Gasteiger partial charge on any atom is 1.00 e. The summed E-state index contributed by atoms with van der Waals surface area (Å²) in [6.07, 6.45) is 0.00194. The molecular formula is C28H33F2LiN4O5. The number of benzene rings is 2. The number of carbonyl (C=O) groups is 4. The van der Waals surface area contributed by atoms with Gasteiger partial charge in [0.05, 0.1) is 6.04 Å². The first-order valence-electron chi connectivity index (χ1n) is 12.3. The van der Waals surface area contributed by atoms with Gasteiger partial charge in [-0.1, -0.05) is 32.0 Å². The minimum atomic E-state index is -1.62. The van der Waals surface area contributed by atoms with E-state index >= 15 is 4.39 Å². The second kappa shape index (κ2) is 15.2. The number of carboxylic acid groups (broad SMARTS) is 1. The van der Waals surface area contributed by atoms with E-state index in [1.54, 1.807) is 39.8 Å². The van der Waals surface area contributed by atoms with Crippen LogP contribution in [-0.2, 0) is 19.2 Å². The molecule has 0 saturated heterocycles. The fraction of sp³-hybridized carbons (Fsp3) is 0.357. The third-order valence-electron chi connectivity index (χ3n) is 6.10. The summed E-state index contributed by atoms with van der Waals surface area (Å²) in [5, 5.41) is 18.7. The van der Waals surface area contributed by atoms with Crippen molar-refractivity contribution in [3.8, 4) is 11.1 Å². The molecule has 0 unspecified atom stereocenters. The Morgan fingerprint density at radius 2 is 1.62 bits per heavy atom. The number of amides is 3. The second-order valence-corrected chi connectivity index (χ2v) is 9.58. The standard InChI is InChI=1S/C28H34F2N4O5.Li/c1-14(2)9-22(34-27(38)19(13-31)26(37)32-5)28(39)33-21(12-23(35)36)18-10-17(11-20(29)25(18)30)24-15(3)7-6-8-16(24)4;/h6-8,10-11,13-14,21-22H,9,12,31H2,1-5H3,(H,32,37)(H,33,39)(H,34,38)(H,35,36);/q;+1/p-1/b19-13+;/t21-,22-;/m0./s1. The van der Waals surface area contributed by atoms with Crippen LogP contribution in [0.25, 0.3) is 11.1 Å². The van der Waals surface area contributed by atoms with Gasteiger partial charge in [-0.2, -0.15) is 0 Å². The maximum absolute atomic E-state index is 15.1. The number of hydrogen-bond acceptors (Lipinski definition) is 6. The molecule has 0 saturated carbocycles. The molecule has 0 aliphatic carbocycles. The minimum Gasteiger partial charge on any atom is -0.550 e. The van der Waals surface area contributed by atoms with Gasteiger partial charge in [0, 0.05) is 31.2 Å². The number of aryl methyl sites for hydroxylation is 2. The number of likely N-dealkylation sites (N-methyl/N-ethyl adjacent to an activating group) is 1. The van der Waals surface area contributed by atoms with Crippen LogP contribution in [-0.4, -0.2) is 36.8 Å².